The molecule has 2 heterocycles. The summed E-state index contributed by atoms with van der Waals surface area (Å²) in [5, 5.41) is 2.87. The molecule has 1 aliphatic heterocycles. The molecule has 1 amide bonds. The average molecular weight is 322 g/mol. The highest BCUT2D eigenvalue weighted by Crippen LogP contribution is 2.34. The summed E-state index contributed by atoms with van der Waals surface area (Å²) >= 11 is 7.54. The molecular weight excluding hydrogens is 306 g/mol. The fraction of sp³-hybridized carbons (Fsp3) is 0.267. The van der Waals surface area contributed by atoms with Crippen LogP contribution in [0.3, 0.4) is 0 Å². The number of aryl methyl sites for hydroxylation is 1. The number of amides is 1. The minimum Gasteiger partial charge on any atom is -0.397 e. The third-order valence-corrected chi connectivity index (χ3v) is 4.80. The lowest BCUT2D eigenvalue weighted by molar-refractivity contribution is -0.116. The van der Waals surface area contributed by atoms with E-state index in [0.717, 1.165) is 34.2 Å². The van der Waals surface area contributed by atoms with Crippen LogP contribution in [0.25, 0.3) is 0 Å². The van der Waals surface area contributed by atoms with Gasteiger partial charge in [-0.15, -0.1) is 11.3 Å². The molecule has 0 bridgehead atoms. The molecule has 0 atom stereocenters. The van der Waals surface area contributed by atoms with Crippen LogP contribution in [0.1, 0.15) is 16.9 Å². The predicted molar refractivity (Wildman–Crippen MR) is 89.2 cm³/mol. The molecule has 0 saturated carbocycles. The van der Waals surface area contributed by atoms with Crippen molar-refractivity contribution in [2.45, 2.75) is 19.4 Å². The van der Waals surface area contributed by atoms with Gasteiger partial charge in [-0.2, -0.15) is 0 Å². The fourth-order valence-electron chi connectivity index (χ4n) is 2.52. The molecule has 2 aromatic rings. The molecule has 21 heavy (non-hydrogen) atoms. The van der Waals surface area contributed by atoms with Gasteiger partial charge in [0.05, 0.1) is 22.3 Å². The Morgan fingerprint density at radius 2 is 2.19 bits per heavy atom. The van der Waals surface area contributed by atoms with E-state index in [2.05, 4.69) is 16.3 Å². The van der Waals surface area contributed by atoms with Crippen LogP contribution in [0.4, 0.5) is 17.1 Å². The third kappa shape index (κ3) is 2.99. The zero-order valence-corrected chi connectivity index (χ0v) is 13.2. The molecule has 3 rings (SSSR count). The Morgan fingerprint density at radius 3 is 2.90 bits per heavy atom. The Morgan fingerprint density at radius 1 is 1.38 bits per heavy atom. The van der Waals surface area contributed by atoms with E-state index in [-0.39, 0.29) is 5.91 Å². The summed E-state index contributed by atoms with van der Waals surface area (Å²) in [4.78, 5) is 14.7. The van der Waals surface area contributed by atoms with Crippen molar-refractivity contribution in [2.75, 3.05) is 23.0 Å². The first-order valence-corrected chi connectivity index (χ1v) is 7.90. The van der Waals surface area contributed by atoms with E-state index in [4.69, 9.17) is 17.3 Å². The summed E-state index contributed by atoms with van der Waals surface area (Å²) in [5.74, 6) is 0.0521. The van der Waals surface area contributed by atoms with Crippen molar-refractivity contribution >= 4 is 45.9 Å². The van der Waals surface area contributed by atoms with E-state index in [9.17, 15) is 4.79 Å². The number of fused-ring (bicyclic) bond motifs is 1. The van der Waals surface area contributed by atoms with Gasteiger partial charge in [-0.1, -0.05) is 11.6 Å². The summed E-state index contributed by atoms with van der Waals surface area (Å²) in [6.07, 6.45) is 1.29. The molecular formula is C15H16ClN3OS. The van der Waals surface area contributed by atoms with Gasteiger partial charge in [0, 0.05) is 24.0 Å². The smallest absolute Gasteiger partial charge is 0.224 e. The Kier molecular flexibility index (Phi) is 3.78. The largest absolute Gasteiger partial charge is 0.397 e. The van der Waals surface area contributed by atoms with E-state index >= 15 is 0 Å². The topological polar surface area (TPSA) is 58.4 Å². The number of nitrogens with zero attached hydrogens (tertiary/aromatic N) is 1. The molecule has 1 aromatic carbocycles. The minimum absolute atomic E-state index is 0.0521. The SMILES string of the molecule is CN(Cc1ccc(Cl)s1)c1cc2c(cc1N)NC(=O)CC2. The molecule has 0 saturated heterocycles. The number of halogens is 1. The van der Waals surface area contributed by atoms with E-state index in [1.165, 1.54) is 4.88 Å². The fourth-order valence-corrected chi connectivity index (χ4v) is 3.66. The van der Waals surface area contributed by atoms with Crippen LogP contribution in [0, 0.1) is 0 Å². The average Bonchev–Trinajstić information content (AvgIpc) is 2.83. The Bertz CT molecular complexity index is 698. The molecule has 0 spiro atoms. The lowest BCUT2D eigenvalue weighted by atomic mass is 10.0. The van der Waals surface area contributed by atoms with Gasteiger partial charge in [-0.3, -0.25) is 4.79 Å². The zero-order chi connectivity index (χ0) is 15.0. The van der Waals surface area contributed by atoms with Gasteiger partial charge in [-0.05, 0) is 36.2 Å². The molecule has 3 N–H and O–H groups in total. The van der Waals surface area contributed by atoms with E-state index in [0.29, 0.717) is 12.1 Å². The van der Waals surface area contributed by atoms with Crippen LogP contribution in [-0.2, 0) is 17.8 Å². The van der Waals surface area contributed by atoms with Gasteiger partial charge in [-0.25, -0.2) is 0 Å². The molecule has 110 valence electrons. The molecule has 4 nitrogen and oxygen atoms in total. The number of nitrogens with one attached hydrogen (secondary N) is 1. The van der Waals surface area contributed by atoms with Crippen molar-refractivity contribution in [3.8, 4) is 0 Å². The van der Waals surface area contributed by atoms with E-state index in [1.54, 1.807) is 11.3 Å². The van der Waals surface area contributed by atoms with Crippen LogP contribution >= 0.6 is 22.9 Å². The van der Waals surface area contributed by atoms with Crippen molar-refractivity contribution in [3.63, 3.8) is 0 Å². The van der Waals surface area contributed by atoms with Crippen molar-refractivity contribution in [2.24, 2.45) is 0 Å². The lowest BCUT2D eigenvalue weighted by Gasteiger charge is -2.24. The summed E-state index contributed by atoms with van der Waals surface area (Å²) in [6, 6.07) is 7.85. The quantitative estimate of drug-likeness (QED) is 0.851. The van der Waals surface area contributed by atoms with Gasteiger partial charge < -0.3 is 16.0 Å². The third-order valence-electron chi connectivity index (χ3n) is 3.58. The molecule has 0 radical (unpaired) electrons. The Balaban J connectivity index is 1.86. The van der Waals surface area contributed by atoms with Crippen LogP contribution < -0.4 is 16.0 Å². The van der Waals surface area contributed by atoms with Crippen molar-refractivity contribution in [3.05, 3.63) is 39.0 Å². The standard InChI is InChI=1S/C15H16ClN3OS/c1-19(8-10-3-4-14(16)21-10)13-6-9-2-5-15(20)18-12(9)7-11(13)17/h3-4,6-7H,2,5,8,17H2,1H3,(H,18,20). The summed E-state index contributed by atoms with van der Waals surface area (Å²) in [7, 11) is 2.01. The van der Waals surface area contributed by atoms with Crippen molar-refractivity contribution in [1.29, 1.82) is 0 Å². The number of anilines is 3. The predicted octanol–water partition coefficient (Wildman–Crippen LogP) is 3.50. The van der Waals surface area contributed by atoms with Gasteiger partial charge in [0.2, 0.25) is 5.91 Å². The molecule has 1 aliphatic rings. The highest BCUT2D eigenvalue weighted by molar-refractivity contribution is 7.16. The Labute approximate surface area is 132 Å². The first-order valence-electron chi connectivity index (χ1n) is 6.70. The highest BCUT2D eigenvalue weighted by Gasteiger charge is 2.18. The number of thiophene rings is 1. The number of benzene rings is 1. The van der Waals surface area contributed by atoms with Crippen LogP contribution in [0.15, 0.2) is 24.3 Å². The normalized spacial score (nSPS) is 13.7. The van der Waals surface area contributed by atoms with Gasteiger partial charge in [0.1, 0.15) is 0 Å². The summed E-state index contributed by atoms with van der Waals surface area (Å²) in [6.45, 7) is 0.757. The molecule has 6 heteroatoms. The van der Waals surface area contributed by atoms with Crippen LogP contribution in [0.5, 0.6) is 0 Å². The minimum atomic E-state index is 0.0521. The number of nitrogen functional groups attached to an aromatic ring is 1. The van der Waals surface area contributed by atoms with Gasteiger partial charge in [0.15, 0.2) is 0 Å². The van der Waals surface area contributed by atoms with Crippen LogP contribution in [0.2, 0.25) is 4.34 Å². The maximum Gasteiger partial charge on any atom is 0.224 e. The second-order valence-electron chi connectivity index (χ2n) is 5.18. The number of hydrogen-bond donors (Lipinski definition) is 2. The number of nitrogens with two attached hydrogens (primary N) is 1. The maximum absolute atomic E-state index is 11.4. The van der Waals surface area contributed by atoms with Crippen molar-refractivity contribution in [1.82, 2.24) is 0 Å². The number of hydrogen-bond acceptors (Lipinski definition) is 4. The second-order valence-corrected chi connectivity index (χ2v) is 6.98. The van der Waals surface area contributed by atoms with Crippen molar-refractivity contribution < 1.29 is 4.79 Å². The lowest BCUT2D eigenvalue weighted by Crippen LogP contribution is -2.21. The van der Waals surface area contributed by atoms with Crippen LogP contribution in [-0.4, -0.2) is 13.0 Å². The monoisotopic (exact) mass is 321 g/mol. The summed E-state index contributed by atoms with van der Waals surface area (Å²) in [5.41, 5.74) is 9.75. The highest BCUT2D eigenvalue weighted by atomic mass is 35.5. The van der Waals surface area contributed by atoms with Gasteiger partial charge in [0.25, 0.3) is 0 Å². The number of rotatable bonds is 3. The molecule has 1 aromatic heterocycles. The first kappa shape index (κ1) is 14.2. The molecule has 0 aliphatic carbocycles. The molecule has 0 fully saturated rings. The first-order chi connectivity index (χ1) is 10.0. The van der Waals surface area contributed by atoms with E-state index in [1.807, 2.05) is 25.2 Å². The maximum atomic E-state index is 11.4. The van der Waals surface area contributed by atoms with Gasteiger partial charge >= 0.3 is 0 Å². The number of carbonyl (C=O) groups is 1. The zero-order valence-electron chi connectivity index (χ0n) is 11.6. The summed E-state index contributed by atoms with van der Waals surface area (Å²) < 4.78 is 0.791. The second kappa shape index (κ2) is 5.58. The molecule has 0 unspecified atom stereocenters. The van der Waals surface area contributed by atoms with E-state index < -0.39 is 0 Å². The number of carbonyl (C=O) groups excluding carboxylic acids is 1. The Hall–Kier alpha value is -1.72.